The van der Waals surface area contributed by atoms with Crippen molar-refractivity contribution in [3.05, 3.63) is 51.0 Å². The van der Waals surface area contributed by atoms with Crippen molar-refractivity contribution in [2.75, 3.05) is 0 Å². The number of aromatic nitrogens is 2. The topological polar surface area (TPSA) is 28.7 Å². The molecule has 0 saturated heterocycles. The van der Waals surface area contributed by atoms with Gasteiger partial charge >= 0.3 is 0 Å². The second-order valence-electron chi connectivity index (χ2n) is 3.98. The normalized spacial score (nSPS) is 10.6. The SMILES string of the molecule is Cc1[nH]c(CSc2ccc(Cl)cc2)nc(=S)c1C. The van der Waals surface area contributed by atoms with E-state index in [9.17, 15) is 0 Å². The third-order valence-corrected chi connectivity index (χ3v) is 4.31. The summed E-state index contributed by atoms with van der Waals surface area (Å²) in [5, 5.41) is 0.753. The Balaban J connectivity index is 2.11. The molecule has 5 heteroatoms. The van der Waals surface area contributed by atoms with E-state index < -0.39 is 0 Å². The second-order valence-corrected chi connectivity index (χ2v) is 5.85. The molecule has 2 rings (SSSR count). The van der Waals surface area contributed by atoms with Crippen molar-refractivity contribution in [3.8, 4) is 0 Å². The lowest BCUT2D eigenvalue weighted by molar-refractivity contribution is 0.962. The zero-order chi connectivity index (χ0) is 13.1. The molecule has 0 atom stereocenters. The van der Waals surface area contributed by atoms with E-state index >= 15 is 0 Å². The second kappa shape index (κ2) is 5.87. The molecule has 0 radical (unpaired) electrons. The van der Waals surface area contributed by atoms with E-state index in [1.807, 2.05) is 38.1 Å². The molecule has 0 unspecified atom stereocenters. The van der Waals surface area contributed by atoms with Crippen molar-refractivity contribution in [2.45, 2.75) is 24.5 Å². The molecule has 0 spiro atoms. The zero-order valence-corrected chi connectivity index (χ0v) is 12.5. The highest BCUT2D eigenvalue weighted by Crippen LogP contribution is 2.23. The molecule has 0 saturated carbocycles. The van der Waals surface area contributed by atoms with Gasteiger partial charge < -0.3 is 4.98 Å². The highest BCUT2D eigenvalue weighted by molar-refractivity contribution is 7.98. The third-order valence-electron chi connectivity index (χ3n) is 2.64. The van der Waals surface area contributed by atoms with Crippen LogP contribution in [0.2, 0.25) is 5.02 Å². The van der Waals surface area contributed by atoms with Gasteiger partial charge in [-0.05, 0) is 38.1 Å². The molecular formula is C13H13ClN2S2. The van der Waals surface area contributed by atoms with E-state index in [2.05, 4.69) is 9.97 Å². The molecule has 0 fully saturated rings. The number of halogens is 1. The van der Waals surface area contributed by atoms with E-state index in [1.54, 1.807) is 11.8 Å². The molecular weight excluding hydrogens is 284 g/mol. The van der Waals surface area contributed by atoms with Gasteiger partial charge in [-0.25, -0.2) is 4.98 Å². The van der Waals surface area contributed by atoms with Crippen LogP contribution in [-0.2, 0) is 5.75 Å². The number of hydrogen-bond acceptors (Lipinski definition) is 3. The molecule has 1 aromatic carbocycles. The number of nitrogens with one attached hydrogen (secondary N) is 1. The van der Waals surface area contributed by atoms with Gasteiger partial charge in [0.15, 0.2) is 0 Å². The molecule has 2 nitrogen and oxygen atoms in total. The van der Waals surface area contributed by atoms with Crippen LogP contribution < -0.4 is 0 Å². The first kappa shape index (κ1) is 13.6. The Labute approximate surface area is 121 Å². The first-order chi connectivity index (χ1) is 8.56. The Kier molecular flexibility index (Phi) is 4.43. The van der Waals surface area contributed by atoms with Crippen LogP contribution in [0.5, 0.6) is 0 Å². The van der Waals surface area contributed by atoms with Crippen LogP contribution >= 0.6 is 35.6 Å². The van der Waals surface area contributed by atoms with Crippen LogP contribution in [0.1, 0.15) is 17.1 Å². The van der Waals surface area contributed by atoms with Crippen LogP contribution in [0.3, 0.4) is 0 Å². The van der Waals surface area contributed by atoms with Gasteiger partial charge in [0.05, 0.1) is 5.75 Å². The molecule has 0 bridgehead atoms. The monoisotopic (exact) mass is 296 g/mol. The zero-order valence-electron chi connectivity index (χ0n) is 10.2. The van der Waals surface area contributed by atoms with E-state index in [0.29, 0.717) is 4.64 Å². The Bertz CT molecular complexity index is 605. The molecule has 0 aliphatic carbocycles. The fourth-order valence-corrected chi connectivity index (χ4v) is 2.61. The van der Waals surface area contributed by atoms with Crippen LogP contribution in [0.25, 0.3) is 0 Å². The minimum atomic E-state index is 0.679. The molecule has 0 amide bonds. The number of H-pyrrole nitrogens is 1. The summed E-state index contributed by atoms with van der Waals surface area (Å²) in [4.78, 5) is 8.82. The summed E-state index contributed by atoms with van der Waals surface area (Å²) in [6.45, 7) is 4.00. The average molecular weight is 297 g/mol. The largest absolute Gasteiger partial charge is 0.346 e. The lowest BCUT2D eigenvalue weighted by atomic mass is 10.3. The number of aromatic amines is 1. The van der Waals surface area contributed by atoms with Crippen molar-refractivity contribution in [3.63, 3.8) is 0 Å². The fraction of sp³-hybridized carbons (Fsp3) is 0.231. The molecule has 94 valence electrons. The first-order valence-corrected chi connectivity index (χ1v) is 7.28. The van der Waals surface area contributed by atoms with Gasteiger partial charge in [-0.2, -0.15) is 0 Å². The van der Waals surface area contributed by atoms with Crippen molar-refractivity contribution < 1.29 is 0 Å². The highest BCUT2D eigenvalue weighted by Gasteiger charge is 2.02. The maximum atomic E-state index is 5.85. The fourth-order valence-electron chi connectivity index (χ4n) is 1.46. The lowest BCUT2D eigenvalue weighted by Crippen LogP contribution is -1.98. The van der Waals surface area contributed by atoms with Crippen molar-refractivity contribution in [2.24, 2.45) is 0 Å². The predicted molar refractivity (Wildman–Crippen MR) is 79.9 cm³/mol. The first-order valence-electron chi connectivity index (χ1n) is 5.51. The van der Waals surface area contributed by atoms with Crippen LogP contribution in [0, 0.1) is 18.5 Å². The Morgan fingerprint density at radius 1 is 1.28 bits per heavy atom. The number of rotatable bonds is 3. The maximum Gasteiger partial charge on any atom is 0.132 e. The Hall–Kier alpha value is -0.840. The smallest absolute Gasteiger partial charge is 0.132 e. The summed E-state index contributed by atoms with van der Waals surface area (Å²) in [5.74, 6) is 1.68. The minimum absolute atomic E-state index is 0.679. The molecule has 2 aromatic rings. The highest BCUT2D eigenvalue weighted by atomic mass is 35.5. The predicted octanol–water partition coefficient (Wildman–Crippen LogP) is 4.70. The summed E-state index contributed by atoms with van der Waals surface area (Å²) in [6, 6.07) is 7.78. The lowest BCUT2D eigenvalue weighted by Gasteiger charge is -2.05. The van der Waals surface area contributed by atoms with Crippen LogP contribution in [-0.4, -0.2) is 9.97 Å². The quantitative estimate of drug-likeness (QED) is 0.657. The van der Waals surface area contributed by atoms with Crippen LogP contribution in [0.4, 0.5) is 0 Å². The summed E-state index contributed by atoms with van der Waals surface area (Å²) in [5.41, 5.74) is 2.13. The Morgan fingerprint density at radius 3 is 2.56 bits per heavy atom. The maximum absolute atomic E-state index is 5.85. The molecule has 1 N–H and O–H groups in total. The number of nitrogens with zero attached hydrogens (tertiary/aromatic N) is 1. The van der Waals surface area contributed by atoms with Crippen molar-refractivity contribution in [1.29, 1.82) is 0 Å². The number of benzene rings is 1. The van der Waals surface area contributed by atoms with Gasteiger partial charge in [0.25, 0.3) is 0 Å². The molecule has 1 aromatic heterocycles. The van der Waals surface area contributed by atoms with E-state index in [-0.39, 0.29) is 0 Å². The van der Waals surface area contributed by atoms with Crippen LogP contribution in [0.15, 0.2) is 29.2 Å². The van der Waals surface area contributed by atoms with E-state index in [1.165, 1.54) is 4.90 Å². The van der Waals surface area contributed by atoms with Gasteiger partial charge in [0.1, 0.15) is 10.5 Å². The molecule has 18 heavy (non-hydrogen) atoms. The van der Waals surface area contributed by atoms with Crippen molar-refractivity contribution in [1.82, 2.24) is 9.97 Å². The van der Waals surface area contributed by atoms with E-state index in [4.69, 9.17) is 23.8 Å². The average Bonchev–Trinajstić information content (AvgIpc) is 2.35. The Morgan fingerprint density at radius 2 is 1.94 bits per heavy atom. The summed E-state index contributed by atoms with van der Waals surface area (Å²) in [6.07, 6.45) is 0. The number of thioether (sulfide) groups is 1. The van der Waals surface area contributed by atoms with Gasteiger partial charge in [0.2, 0.25) is 0 Å². The van der Waals surface area contributed by atoms with Gasteiger partial charge in [-0.3, -0.25) is 0 Å². The van der Waals surface area contributed by atoms with Gasteiger partial charge in [-0.1, -0.05) is 23.8 Å². The molecule has 1 heterocycles. The summed E-state index contributed by atoms with van der Waals surface area (Å²) >= 11 is 12.8. The van der Waals surface area contributed by atoms with Crippen molar-refractivity contribution >= 4 is 35.6 Å². The minimum Gasteiger partial charge on any atom is -0.346 e. The standard InChI is InChI=1S/C13H13ClN2S2/c1-8-9(2)15-12(16-13(8)17)7-18-11-5-3-10(14)4-6-11/h3-6H,7H2,1-2H3,(H,15,16,17). The summed E-state index contributed by atoms with van der Waals surface area (Å²) in [7, 11) is 0. The summed E-state index contributed by atoms with van der Waals surface area (Å²) < 4.78 is 0.679. The van der Waals surface area contributed by atoms with Gasteiger partial charge in [0, 0.05) is 21.2 Å². The third kappa shape index (κ3) is 3.34. The van der Waals surface area contributed by atoms with Gasteiger partial charge in [-0.15, -0.1) is 11.8 Å². The number of hydrogen-bond donors (Lipinski definition) is 1. The van der Waals surface area contributed by atoms with E-state index in [0.717, 1.165) is 27.9 Å². The molecule has 0 aliphatic heterocycles. The number of aryl methyl sites for hydroxylation is 1. The molecule has 0 aliphatic rings.